The van der Waals surface area contributed by atoms with Crippen molar-refractivity contribution in [2.75, 3.05) is 6.54 Å². The molecule has 0 bridgehead atoms. The standard InChI is InChI=1S/C10H12FNO2/c1-2-12-10(14)6-7-5-8(13)3-4-9(7)11/h3-5,13H,2,6H2,1H3,(H,12,14). The van der Waals surface area contributed by atoms with Crippen molar-refractivity contribution in [1.29, 1.82) is 0 Å². The second-order valence-corrected chi connectivity index (χ2v) is 2.91. The molecule has 0 aliphatic carbocycles. The van der Waals surface area contributed by atoms with Gasteiger partial charge in [-0.2, -0.15) is 0 Å². The molecule has 0 aliphatic rings. The normalized spacial score (nSPS) is 9.86. The van der Waals surface area contributed by atoms with Gasteiger partial charge < -0.3 is 10.4 Å². The lowest BCUT2D eigenvalue weighted by molar-refractivity contribution is -0.120. The van der Waals surface area contributed by atoms with Gasteiger partial charge in [0, 0.05) is 12.1 Å². The van der Waals surface area contributed by atoms with Crippen molar-refractivity contribution in [3.8, 4) is 5.75 Å². The molecule has 3 nitrogen and oxygen atoms in total. The van der Waals surface area contributed by atoms with Gasteiger partial charge >= 0.3 is 0 Å². The van der Waals surface area contributed by atoms with E-state index >= 15 is 0 Å². The predicted molar refractivity (Wildman–Crippen MR) is 50.5 cm³/mol. The Kier molecular flexibility index (Phi) is 3.45. The number of phenols is 1. The number of likely N-dealkylation sites (N-methyl/N-ethyl adjacent to an activating group) is 1. The van der Waals surface area contributed by atoms with Crippen LogP contribution in [-0.4, -0.2) is 17.6 Å². The van der Waals surface area contributed by atoms with E-state index in [1.54, 1.807) is 6.92 Å². The SMILES string of the molecule is CCNC(=O)Cc1cc(O)ccc1F. The predicted octanol–water partition coefficient (Wildman–Crippen LogP) is 1.21. The number of aromatic hydroxyl groups is 1. The van der Waals surface area contributed by atoms with Gasteiger partial charge in [-0.05, 0) is 25.1 Å². The van der Waals surface area contributed by atoms with Crippen LogP contribution in [0.4, 0.5) is 4.39 Å². The van der Waals surface area contributed by atoms with Crippen molar-refractivity contribution in [2.24, 2.45) is 0 Å². The van der Waals surface area contributed by atoms with E-state index < -0.39 is 5.82 Å². The Labute approximate surface area is 81.6 Å². The maximum Gasteiger partial charge on any atom is 0.224 e. The molecule has 0 saturated heterocycles. The van der Waals surface area contributed by atoms with Crippen LogP contribution in [0.5, 0.6) is 5.75 Å². The van der Waals surface area contributed by atoms with Gasteiger partial charge in [0.1, 0.15) is 11.6 Å². The van der Waals surface area contributed by atoms with Gasteiger partial charge in [-0.15, -0.1) is 0 Å². The molecule has 0 atom stereocenters. The van der Waals surface area contributed by atoms with Crippen molar-refractivity contribution < 1.29 is 14.3 Å². The van der Waals surface area contributed by atoms with Crippen LogP contribution >= 0.6 is 0 Å². The summed E-state index contributed by atoms with van der Waals surface area (Å²) in [6.07, 6.45) is -0.0475. The molecular formula is C10H12FNO2. The first-order valence-electron chi connectivity index (χ1n) is 4.37. The third-order valence-corrected chi connectivity index (χ3v) is 1.75. The van der Waals surface area contributed by atoms with Crippen LogP contribution in [0.1, 0.15) is 12.5 Å². The van der Waals surface area contributed by atoms with Crippen molar-refractivity contribution in [3.63, 3.8) is 0 Å². The molecule has 14 heavy (non-hydrogen) atoms. The molecule has 0 aromatic heterocycles. The number of benzene rings is 1. The fraction of sp³-hybridized carbons (Fsp3) is 0.300. The molecule has 0 fully saturated rings. The first kappa shape index (κ1) is 10.5. The summed E-state index contributed by atoms with van der Waals surface area (Å²) >= 11 is 0. The summed E-state index contributed by atoms with van der Waals surface area (Å²) in [5, 5.41) is 11.6. The number of amides is 1. The molecule has 1 rings (SSSR count). The highest BCUT2D eigenvalue weighted by molar-refractivity contribution is 5.78. The fourth-order valence-corrected chi connectivity index (χ4v) is 1.13. The Bertz CT molecular complexity index is 339. The highest BCUT2D eigenvalue weighted by atomic mass is 19.1. The minimum Gasteiger partial charge on any atom is -0.508 e. The van der Waals surface area contributed by atoms with Crippen LogP contribution in [0.2, 0.25) is 0 Å². The van der Waals surface area contributed by atoms with Gasteiger partial charge in [0.2, 0.25) is 5.91 Å². The third kappa shape index (κ3) is 2.73. The number of carbonyl (C=O) groups excluding carboxylic acids is 1. The van der Waals surface area contributed by atoms with Gasteiger partial charge in [-0.1, -0.05) is 0 Å². The second kappa shape index (κ2) is 4.60. The van der Waals surface area contributed by atoms with E-state index in [0.717, 1.165) is 6.07 Å². The zero-order valence-corrected chi connectivity index (χ0v) is 7.88. The minimum atomic E-state index is -0.478. The van der Waals surface area contributed by atoms with Crippen LogP contribution in [0.25, 0.3) is 0 Å². The largest absolute Gasteiger partial charge is 0.508 e. The highest BCUT2D eigenvalue weighted by Crippen LogP contribution is 2.15. The number of carbonyl (C=O) groups is 1. The maximum absolute atomic E-state index is 13.1. The molecule has 0 radical (unpaired) electrons. The maximum atomic E-state index is 13.1. The van der Waals surface area contributed by atoms with Crippen molar-refractivity contribution >= 4 is 5.91 Å². The number of phenolic OH excluding ortho intramolecular Hbond substituents is 1. The van der Waals surface area contributed by atoms with Crippen LogP contribution in [0.3, 0.4) is 0 Å². The van der Waals surface area contributed by atoms with Crippen molar-refractivity contribution in [1.82, 2.24) is 5.32 Å². The van der Waals surface area contributed by atoms with E-state index in [1.807, 2.05) is 0 Å². The van der Waals surface area contributed by atoms with Gasteiger partial charge in [-0.25, -0.2) is 4.39 Å². The zero-order valence-electron chi connectivity index (χ0n) is 7.88. The molecule has 4 heteroatoms. The highest BCUT2D eigenvalue weighted by Gasteiger charge is 2.07. The number of hydrogen-bond donors (Lipinski definition) is 2. The summed E-state index contributed by atoms with van der Waals surface area (Å²) < 4.78 is 13.1. The molecule has 0 aliphatic heterocycles. The van der Waals surface area contributed by atoms with Crippen molar-refractivity contribution in [3.05, 3.63) is 29.6 Å². The zero-order chi connectivity index (χ0) is 10.6. The molecule has 0 saturated carbocycles. The molecule has 1 aromatic rings. The Hall–Kier alpha value is -1.58. The van der Waals surface area contributed by atoms with Crippen LogP contribution < -0.4 is 5.32 Å². The first-order valence-corrected chi connectivity index (χ1v) is 4.37. The number of rotatable bonds is 3. The number of halogens is 1. The molecule has 76 valence electrons. The molecule has 2 N–H and O–H groups in total. The summed E-state index contributed by atoms with van der Waals surface area (Å²) in [5.74, 6) is -0.767. The summed E-state index contributed by atoms with van der Waals surface area (Å²) in [6.45, 7) is 2.30. The Balaban J connectivity index is 2.75. The molecular weight excluding hydrogens is 185 g/mol. The lowest BCUT2D eigenvalue weighted by Crippen LogP contribution is -2.24. The van der Waals surface area contributed by atoms with Crippen molar-refractivity contribution in [2.45, 2.75) is 13.3 Å². The Morgan fingerprint density at radius 1 is 1.57 bits per heavy atom. The fourth-order valence-electron chi connectivity index (χ4n) is 1.13. The summed E-state index contributed by atoms with van der Waals surface area (Å²) in [5.41, 5.74) is 0.205. The topological polar surface area (TPSA) is 49.3 Å². The molecule has 1 aromatic carbocycles. The van der Waals surface area contributed by atoms with Gasteiger partial charge in [0.05, 0.1) is 6.42 Å². The number of nitrogens with one attached hydrogen (secondary N) is 1. The van der Waals surface area contributed by atoms with E-state index in [9.17, 15) is 9.18 Å². The quantitative estimate of drug-likeness (QED) is 0.765. The molecule has 1 amide bonds. The number of hydrogen-bond acceptors (Lipinski definition) is 2. The van der Waals surface area contributed by atoms with Crippen LogP contribution in [0.15, 0.2) is 18.2 Å². The van der Waals surface area contributed by atoms with Gasteiger partial charge in [-0.3, -0.25) is 4.79 Å². The first-order chi connectivity index (χ1) is 6.63. The van der Waals surface area contributed by atoms with E-state index in [-0.39, 0.29) is 23.6 Å². The smallest absolute Gasteiger partial charge is 0.224 e. The average Bonchev–Trinajstić information content (AvgIpc) is 2.12. The third-order valence-electron chi connectivity index (χ3n) is 1.75. The molecule has 0 heterocycles. The second-order valence-electron chi connectivity index (χ2n) is 2.91. The van der Waals surface area contributed by atoms with Gasteiger partial charge in [0.25, 0.3) is 0 Å². The Morgan fingerprint density at radius 2 is 2.29 bits per heavy atom. The van der Waals surface area contributed by atoms with E-state index in [2.05, 4.69) is 5.32 Å². The molecule has 0 unspecified atom stereocenters. The average molecular weight is 197 g/mol. The van der Waals surface area contributed by atoms with E-state index in [1.165, 1.54) is 12.1 Å². The minimum absolute atomic E-state index is 0.0364. The summed E-state index contributed by atoms with van der Waals surface area (Å²) in [6, 6.07) is 3.64. The summed E-state index contributed by atoms with van der Waals surface area (Å²) in [7, 11) is 0. The molecule has 0 spiro atoms. The Morgan fingerprint density at radius 3 is 2.93 bits per heavy atom. The van der Waals surface area contributed by atoms with E-state index in [0.29, 0.717) is 6.54 Å². The van der Waals surface area contributed by atoms with Gasteiger partial charge in [0.15, 0.2) is 0 Å². The summed E-state index contributed by atoms with van der Waals surface area (Å²) in [4.78, 5) is 11.1. The van der Waals surface area contributed by atoms with Crippen LogP contribution in [-0.2, 0) is 11.2 Å². The monoisotopic (exact) mass is 197 g/mol. The lowest BCUT2D eigenvalue weighted by Gasteiger charge is -2.04. The lowest BCUT2D eigenvalue weighted by atomic mass is 10.1. The van der Waals surface area contributed by atoms with Crippen LogP contribution in [0, 0.1) is 5.82 Å². The van der Waals surface area contributed by atoms with E-state index in [4.69, 9.17) is 5.11 Å².